The number of piperidine rings is 1. The minimum atomic E-state index is 0.163. The van der Waals surface area contributed by atoms with Crippen LogP contribution in [0.2, 0.25) is 0 Å². The summed E-state index contributed by atoms with van der Waals surface area (Å²) in [5, 5.41) is 6.34. The number of carbonyl (C=O) groups excluding carboxylic acids is 1. The molecule has 0 spiro atoms. The van der Waals surface area contributed by atoms with Gasteiger partial charge < -0.3 is 10.6 Å². The van der Waals surface area contributed by atoms with Crippen LogP contribution in [-0.4, -0.2) is 25.5 Å². The topological polar surface area (TPSA) is 41.1 Å². The Morgan fingerprint density at radius 2 is 2.07 bits per heavy atom. The molecule has 0 radical (unpaired) electrons. The highest BCUT2D eigenvalue weighted by molar-refractivity contribution is 5.79. The summed E-state index contributed by atoms with van der Waals surface area (Å²) in [5.41, 5.74) is 0.170. The molecule has 1 aliphatic heterocycles. The van der Waals surface area contributed by atoms with Crippen LogP contribution in [0.3, 0.4) is 0 Å². The van der Waals surface area contributed by atoms with E-state index in [4.69, 9.17) is 0 Å². The zero-order chi connectivity index (χ0) is 11.5. The van der Waals surface area contributed by atoms with Crippen molar-refractivity contribution in [2.45, 2.75) is 34.1 Å². The highest BCUT2D eigenvalue weighted by Crippen LogP contribution is 2.16. The van der Waals surface area contributed by atoms with E-state index in [-0.39, 0.29) is 17.2 Å². The van der Waals surface area contributed by atoms with Gasteiger partial charge in [-0.15, -0.1) is 0 Å². The minimum Gasteiger partial charge on any atom is -0.355 e. The average Bonchev–Trinajstić information content (AvgIpc) is 2.13. The molecule has 1 rings (SSSR count). The Balaban J connectivity index is 2.33. The smallest absolute Gasteiger partial charge is 0.224 e. The van der Waals surface area contributed by atoms with E-state index in [1.807, 2.05) is 0 Å². The fraction of sp³-hybridized carbons (Fsp3) is 0.917. The summed E-state index contributed by atoms with van der Waals surface area (Å²) in [4.78, 5) is 11.8. The summed E-state index contributed by atoms with van der Waals surface area (Å²) in [6.07, 6.45) is 1.02. The Bertz CT molecular complexity index is 220. The fourth-order valence-corrected chi connectivity index (χ4v) is 1.85. The van der Waals surface area contributed by atoms with Gasteiger partial charge >= 0.3 is 0 Å². The Labute approximate surface area is 93.0 Å². The highest BCUT2D eigenvalue weighted by Gasteiger charge is 2.25. The molecule has 0 aliphatic carbocycles. The van der Waals surface area contributed by atoms with Gasteiger partial charge in [0.1, 0.15) is 0 Å². The Kier molecular flexibility index (Phi) is 4.14. The molecule has 0 aromatic carbocycles. The maximum atomic E-state index is 11.8. The van der Waals surface area contributed by atoms with Crippen molar-refractivity contribution in [2.75, 3.05) is 19.6 Å². The first-order valence-electron chi connectivity index (χ1n) is 5.87. The third-order valence-electron chi connectivity index (χ3n) is 2.73. The normalized spacial score (nSPS) is 27.5. The molecular weight excluding hydrogens is 188 g/mol. The second-order valence-electron chi connectivity index (χ2n) is 5.97. The van der Waals surface area contributed by atoms with Gasteiger partial charge in [-0.05, 0) is 24.3 Å². The quantitative estimate of drug-likeness (QED) is 0.726. The van der Waals surface area contributed by atoms with Gasteiger partial charge in [0.2, 0.25) is 5.91 Å². The predicted molar refractivity (Wildman–Crippen MR) is 62.6 cm³/mol. The highest BCUT2D eigenvalue weighted by atomic mass is 16.1. The van der Waals surface area contributed by atoms with Crippen LogP contribution >= 0.6 is 0 Å². The van der Waals surface area contributed by atoms with Crippen LogP contribution in [0.15, 0.2) is 0 Å². The van der Waals surface area contributed by atoms with Gasteiger partial charge in [-0.3, -0.25) is 4.79 Å². The molecule has 0 saturated carbocycles. The van der Waals surface area contributed by atoms with Gasteiger partial charge in [0.05, 0.1) is 5.92 Å². The molecular formula is C12H24N2O. The molecule has 2 atom stereocenters. The molecule has 2 N–H and O–H groups in total. The largest absolute Gasteiger partial charge is 0.355 e. The zero-order valence-corrected chi connectivity index (χ0v) is 10.4. The van der Waals surface area contributed by atoms with Crippen molar-refractivity contribution in [2.24, 2.45) is 17.3 Å². The van der Waals surface area contributed by atoms with Crippen LogP contribution in [0.1, 0.15) is 34.1 Å². The van der Waals surface area contributed by atoms with Crippen molar-refractivity contribution in [1.29, 1.82) is 0 Å². The second-order valence-corrected chi connectivity index (χ2v) is 5.97. The number of hydrogen-bond acceptors (Lipinski definition) is 2. The molecule has 1 saturated heterocycles. The standard InChI is InChI=1S/C12H24N2O/c1-9-5-10(7-13-6-9)11(15)14-8-12(2,3)4/h9-10,13H,5-8H2,1-4H3,(H,14,15). The van der Waals surface area contributed by atoms with Gasteiger partial charge in [-0.1, -0.05) is 27.7 Å². The van der Waals surface area contributed by atoms with Crippen molar-refractivity contribution < 1.29 is 4.79 Å². The van der Waals surface area contributed by atoms with Crippen LogP contribution in [0.4, 0.5) is 0 Å². The Morgan fingerprint density at radius 1 is 1.40 bits per heavy atom. The molecule has 3 heteroatoms. The van der Waals surface area contributed by atoms with E-state index in [2.05, 4.69) is 38.3 Å². The lowest BCUT2D eigenvalue weighted by Gasteiger charge is -2.28. The van der Waals surface area contributed by atoms with E-state index in [0.717, 1.165) is 26.1 Å². The van der Waals surface area contributed by atoms with Gasteiger partial charge in [0, 0.05) is 13.1 Å². The lowest BCUT2D eigenvalue weighted by atomic mass is 9.90. The first kappa shape index (κ1) is 12.5. The molecule has 88 valence electrons. The second kappa shape index (κ2) is 4.97. The monoisotopic (exact) mass is 212 g/mol. The molecule has 1 heterocycles. The van der Waals surface area contributed by atoms with E-state index < -0.39 is 0 Å². The SMILES string of the molecule is CC1CNCC(C(=O)NCC(C)(C)C)C1. The average molecular weight is 212 g/mol. The minimum absolute atomic E-state index is 0.163. The van der Waals surface area contributed by atoms with Crippen molar-refractivity contribution >= 4 is 5.91 Å². The summed E-state index contributed by atoms with van der Waals surface area (Å²) >= 11 is 0. The molecule has 0 bridgehead atoms. The summed E-state index contributed by atoms with van der Waals surface area (Å²) in [6, 6.07) is 0. The van der Waals surface area contributed by atoms with Crippen LogP contribution in [0, 0.1) is 17.3 Å². The van der Waals surface area contributed by atoms with E-state index >= 15 is 0 Å². The molecule has 1 aliphatic rings. The van der Waals surface area contributed by atoms with Crippen LogP contribution in [0.25, 0.3) is 0 Å². The molecule has 1 amide bonds. The third-order valence-corrected chi connectivity index (χ3v) is 2.73. The van der Waals surface area contributed by atoms with Gasteiger partial charge in [-0.2, -0.15) is 0 Å². The van der Waals surface area contributed by atoms with E-state index in [0.29, 0.717) is 5.92 Å². The summed E-state index contributed by atoms with van der Waals surface area (Å²) in [7, 11) is 0. The maximum absolute atomic E-state index is 11.8. The van der Waals surface area contributed by atoms with Crippen molar-refractivity contribution in [3.63, 3.8) is 0 Å². The number of hydrogen-bond donors (Lipinski definition) is 2. The number of nitrogens with one attached hydrogen (secondary N) is 2. The van der Waals surface area contributed by atoms with Crippen LogP contribution in [-0.2, 0) is 4.79 Å². The van der Waals surface area contributed by atoms with Crippen molar-refractivity contribution in [1.82, 2.24) is 10.6 Å². The lowest BCUT2D eigenvalue weighted by molar-refractivity contribution is -0.126. The van der Waals surface area contributed by atoms with E-state index in [1.54, 1.807) is 0 Å². The Hall–Kier alpha value is -0.570. The Morgan fingerprint density at radius 3 is 2.60 bits per heavy atom. The number of rotatable bonds is 2. The molecule has 15 heavy (non-hydrogen) atoms. The van der Waals surface area contributed by atoms with Crippen LogP contribution < -0.4 is 10.6 Å². The van der Waals surface area contributed by atoms with E-state index in [9.17, 15) is 4.79 Å². The van der Waals surface area contributed by atoms with Gasteiger partial charge in [0.15, 0.2) is 0 Å². The third kappa shape index (κ3) is 4.65. The first-order valence-corrected chi connectivity index (χ1v) is 5.87. The van der Waals surface area contributed by atoms with Crippen molar-refractivity contribution in [3.8, 4) is 0 Å². The fourth-order valence-electron chi connectivity index (χ4n) is 1.85. The zero-order valence-electron chi connectivity index (χ0n) is 10.4. The summed E-state index contributed by atoms with van der Waals surface area (Å²) < 4.78 is 0. The summed E-state index contributed by atoms with van der Waals surface area (Å²) in [5.74, 6) is 0.990. The molecule has 2 unspecified atom stereocenters. The lowest BCUT2D eigenvalue weighted by Crippen LogP contribution is -2.45. The molecule has 0 aromatic rings. The first-order chi connectivity index (χ1) is 6.88. The number of amides is 1. The molecule has 3 nitrogen and oxygen atoms in total. The summed E-state index contributed by atoms with van der Waals surface area (Å²) in [6.45, 7) is 11.2. The van der Waals surface area contributed by atoms with Gasteiger partial charge in [-0.25, -0.2) is 0 Å². The predicted octanol–water partition coefficient (Wildman–Crippen LogP) is 1.39. The van der Waals surface area contributed by atoms with Crippen molar-refractivity contribution in [3.05, 3.63) is 0 Å². The van der Waals surface area contributed by atoms with Gasteiger partial charge in [0.25, 0.3) is 0 Å². The molecule has 1 fully saturated rings. The molecule has 0 aromatic heterocycles. The number of carbonyl (C=O) groups is 1. The van der Waals surface area contributed by atoms with Crippen LogP contribution in [0.5, 0.6) is 0 Å². The maximum Gasteiger partial charge on any atom is 0.224 e. The van der Waals surface area contributed by atoms with E-state index in [1.165, 1.54) is 0 Å².